The van der Waals surface area contributed by atoms with Crippen LogP contribution in [0.25, 0.3) is 0 Å². The van der Waals surface area contributed by atoms with E-state index in [2.05, 4.69) is 20.6 Å². The van der Waals surface area contributed by atoms with E-state index >= 15 is 0 Å². The molecule has 0 fully saturated rings. The molecule has 0 saturated carbocycles. The van der Waals surface area contributed by atoms with E-state index in [4.69, 9.17) is 4.74 Å². The van der Waals surface area contributed by atoms with Gasteiger partial charge >= 0.3 is 0 Å². The number of nitrogens with zero attached hydrogens (tertiary/aromatic N) is 3. The Kier molecular flexibility index (Phi) is 8.78. The molecular formula is C21H29N5O2. The number of pyridine rings is 1. The Morgan fingerprint density at radius 2 is 2.00 bits per heavy atom. The highest BCUT2D eigenvalue weighted by Crippen LogP contribution is 2.08. The number of aliphatic imine (C=N–C) groups is 1. The standard InChI is InChI=1S/C21H29N5O2/c1-4-22-21(26(3)14-15-28-18-8-6-5-7-9-18)23-13-12-20(27)25-19-11-10-17(2)16-24-19/h5-11,16H,4,12-15H2,1-3H3,(H,22,23)(H,24,25,27). The minimum absolute atomic E-state index is 0.106. The number of benzene rings is 1. The van der Waals surface area contributed by atoms with E-state index in [9.17, 15) is 4.79 Å². The van der Waals surface area contributed by atoms with E-state index in [1.807, 2.05) is 62.2 Å². The molecular weight excluding hydrogens is 354 g/mol. The van der Waals surface area contributed by atoms with Crippen molar-refractivity contribution in [3.63, 3.8) is 0 Å². The first kappa shape index (κ1) is 21.2. The van der Waals surface area contributed by atoms with E-state index in [0.29, 0.717) is 31.9 Å². The number of aryl methyl sites for hydroxylation is 1. The second-order valence-electron chi connectivity index (χ2n) is 6.34. The molecule has 1 amide bonds. The van der Waals surface area contributed by atoms with Crippen LogP contribution in [0, 0.1) is 6.92 Å². The van der Waals surface area contributed by atoms with E-state index in [1.165, 1.54) is 0 Å². The van der Waals surface area contributed by atoms with Gasteiger partial charge in [-0.3, -0.25) is 9.79 Å². The van der Waals surface area contributed by atoms with Crippen LogP contribution < -0.4 is 15.4 Å². The number of hydrogen-bond donors (Lipinski definition) is 2. The van der Waals surface area contributed by atoms with Gasteiger partial charge in [-0.2, -0.15) is 0 Å². The highest BCUT2D eigenvalue weighted by Gasteiger charge is 2.07. The first-order chi connectivity index (χ1) is 13.6. The highest BCUT2D eigenvalue weighted by molar-refractivity contribution is 5.90. The number of para-hydroxylation sites is 1. The Labute approximate surface area is 166 Å². The number of hydrogen-bond acceptors (Lipinski definition) is 4. The fraction of sp³-hybridized carbons (Fsp3) is 0.381. The molecule has 2 aromatic rings. The predicted molar refractivity (Wildman–Crippen MR) is 113 cm³/mol. The Morgan fingerprint density at radius 1 is 1.21 bits per heavy atom. The summed E-state index contributed by atoms with van der Waals surface area (Å²) >= 11 is 0. The van der Waals surface area contributed by atoms with Gasteiger partial charge in [-0.05, 0) is 37.6 Å². The molecule has 0 saturated heterocycles. The van der Waals surface area contributed by atoms with Crippen LogP contribution in [0.4, 0.5) is 5.82 Å². The molecule has 1 heterocycles. The summed E-state index contributed by atoms with van der Waals surface area (Å²) in [5.41, 5.74) is 1.05. The zero-order chi connectivity index (χ0) is 20.2. The second-order valence-corrected chi connectivity index (χ2v) is 6.34. The maximum absolute atomic E-state index is 12.1. The molecule has 2 rings (SSSR count). The van der Waals surface area contributed by atoms with Crippen molar-refractivity contribution in [3.8, 4) is 5.75 Å². The fourth-order valence-electron chi connectivity index (χ4n) is 2.40. The van der Waals surface area contributed by atoms with Gasteiger partial charge in [-0.15, -0.1) is 0 Å². The number of carbonyl (C=O) groups is 1. The first-order valence-electron chi connectivity index (χ1n) is 9.48. The maximum Gasteiger partial charge on any atom is 0.227 e. The van der Waals surface area contributed by atoms with Crippen LogP contribution in [0.3, 0.4) is 0 Å². The van der Waals surface area contributed by atoms with Crippen molar-refractivity contribution in [1.29, 1.82) is 0 Å². The van der Waals surface area contributed by atoms with Gasteiger partial charge in [0.05, 0.1) is 13.1 Å². The summed E-state index contributed by atoms with van der Waals surface area (Å²) in [4.78, 5) is 22.8. The molecule has 28 heavy (non-hydrogen) atoms. The third kappa shape index (κ3) is 7.65. The summed E-state index contributed by atoms with van der Waals surface area (Å²) in [5.74, 6) is 2.05. The zero-order valence-corrected chi connectivity index (χ0v) is 16.8. The molecule has 150 valence electrons. The lowest BCUT2D eigenvalue weighted by Crippen LogP contribution is -2.41. The SMILES string of the molecule is CCNC(=NCCC(=O)Nc1ccc(C)cn1)N(C)CCOc1ccccc1. The van der Waals surface area contributed by atoms with Crippen LogP contribution in [0.2, 0.25) is 0 Å². The number of rotatable bonds is 9. The number of amides is 1. The normalized spacial score (nSPS) is 11.0. The van der Waals surface area contributed by atoms with Crippen molar-refractivity contribution in [3.05, 3.63) is 54.2 Å². The van der Waals surface area contributed by atoms with E-state index < -0.39 is 0 Å². The molecule has 0 bridgehead atoms. The molecule has 2 N–H and O–H groups in total. The minimum atomic E-state index is -0.106. The Hall–Kier alpha value is -3.09. The van der Waals surface area contributed by atoms with Crippen molar-refractivity contribution in [2.75, 3.05) is 38.6 Å². The van der Waals surface area contributed by atoms with Gasteiger partial charge < -0.3 is 20.3 Å². The third-order valence-electron chi connectivity index (χ3n) is 3.91. The van der Waals surface area contributed by atoms with E-state index in [-0.39, 0.29) is 5.91 Å². The number of carbonyl (C=O) groups excluding carboxylic acids is 1. The van der Waals surface area contributed by atoms with E-state index in [1.54, 1.807) is 12.3 Å². The van der Waals surface area contributed by atoms with Gasteiger partial charge in [0.15, 0.2) is 5.96 Å². The molecule has 7 heteroatoms. The summed E-state index contributed by atoms with van der Waals surface area (Å²) in [6.45, 7) is 6.34. The summed E-state index contributed by atoms with van der Waals surface area (Å²) in [6, 6.07) is 13.4. The Bertz CT molecular complexity index is 747. The molecule has 0 aliphatic heterocycles. The molecule has 1 aromatic carbocycles. The summed E-state index contributed by atoms with van der Waals surface area (Å²) in [5, 5.41) is 6.02. The maximum atomic E-state index is 12.1. The number of anilines is 1. The van der Waals surface area contributed by atoms with Gasteiger partial charge in [0, 0.05) is 26.2 Å². The molecule has 0 unspecified atom stereocenters. The smallest absolute Gasteiger partial charge is 0.227 e. The van der Waals surface area contributed by atoms with Crippen LogP contribution >= 0.6 is 0 Å². The van der Waals surface area contributed by atoms with Crippen LogP contribution in [-0.2, 0) is 4.79 Å². The van der Waals surface area contributed by atoms with Gasteiger partial charge in [0.25, 0.3) is 0 Å². The van der Waals surface area contributed by atoms with Gasteiger partial charge in [0.1, 0.15) is 18.2 Å². The topological polar surface area (TPSA) is 78.8 Å². The first-order valence-corrected chi connectivity index (χ1v) is 9.48. The molecule has 0 radical (unpaired) electrons. The monoisotopic (exact) mass is 383 g/mol. The molecule has 0 atom stereocenters. The summed E-state index contributed by atoms with van der Waals surface area (Å²) < 4.78 is 5.73. The number of guanidine groups is 1. The number of likely N-dealkylation sites (N-methyl/N-ethyl adjacent to an activating group) is 1. The average Bonchev–Trinajstić information content (AvgIpc) is 2.70. The summed E-state index contributed by atoms with van der Waals surface area (Å²) in [6.07, 6.45) is 2.02. The summed E-state index contributed by atoms with van der Waals surface area (Å²) in [7, 11) is 1.95. The lowest BCUT2D eigenvalue weighted by atomic mass is 10.3. The molecule has 0 aliphatic carbocycles. The minimum Gasteiger partial charge on any atom is -0.492 e. The van der Waals surface area contributed by atoms with Gasteiger partial charge in [0.2, 0.25) is 5.91 Å². The van der Waals surface area contributed by atoms with Crippen molar-refractivity contribution in [2.24, 2.45) is 4.99 Å². The van der Waals surface area contributed by atoms with Crippen LogP contribution in [-0.4, -0.2) is 55.0 Å². The van der Waals surface area contributed by atoms with Crippen molar-refractivity contribution in [2.45, 2.75) is 20.3 Å². The highest BCUT2D eigenvalue weighted by atomic mass is 16.5. The third-order valence-corrected chi connectivity index (χ3v) is 3.91. The molecule has 0 spiro atoms. The molecule has 0 aliphatic rings. The molecule has 7 nitrogen and oxygen atoms in total. The van der Waals surface area contributed by atoms with Crippen molar-refractivity contribution in [1.82, 2.24) is 15.2 Å². The quantitative estimate of drug-likeness (QED) is 0.514. The second kappa shape index (κ2) is 11.6. The zero-order valence-electron chi connectivity index (χ0n) is 16.8. The Balaban J connectivity index is 1.77. The number of nitrogens with one attached hydrogen (secondary N) is 2. The van der Waals surface area contributed by atoms with E-state index in [0.717, 1.165) is 23.8 Å². The predicted octanol–water partition coefficient (Wildman–Crippen LogP) is 2.69. The van der Waals surface area contributed by atoms with Crippen molar-refractivity contribution >= 4 is 17.7 Å². The van der Waals surface area contributed by atoms with Crippen LogP contribution in [0.15, 0.2) is 53.7 Å². The Morgan fingerprint density at radius 3 is 2.68 bits per heavy atom. The largest absolute Gasteiger partial charge is 0.492 e. The lowest BCUT2D eigenvalue weighted by molar-refractivity contribution is -0.116. The van der Waals surface area contributed by atoms with Crippen LogP contribution in [0.5, 0.6) is 5.75 Å². The number of ether oxygens (including phenoxy) is 1. The van der Waals surface area contributed by atoms with Crippen molar-refractivity contribution < 1.29 is 9.53 Å². The molecule has 1 aromatic heterocycles. The van der Waals surface area contributed by atoms with Gasteiger partial charge in [-0.25, -0.2) is 4.98 Å². The number of aromatic nitrogens is 1. The van der Waals surface area contributed by atoms with Crippen LogP contribution in [0.1, 0.15) is 18.9 Å². The average molecular weight is 383 g/mol. The van der Waals surface area contributed by atoms with Gasteiger partial charge in [-0.1, -0.05) is 24.3 Å². The fourth-order valence-corrected chi connectivity index (χ4v) is 2.40. The lowest BCUT2D eigenvalue weighted by Gasteiger charge is -2.22.